The summed E-state index contributed by atoms with van der Waals surface area (Å²) in [5, 5.41) is 0. The molecule has 0 radical (unpaired) electrons. The van der Waals surface area contributed by atoms with Crippen LogP contribution in [0.1, 0.15) is 19.8 Å². The van der Waals surface area contributed by atoms with Crippen molar-refractivity contribution in [1.82, 2.24) is 0 Å². The minimum absolute atomic E-state index is 0.739. The molecule has 1 heteroatoms. The Morgan fingerprint density at radius 1 is 1.36 bits per heavy atom. The SMILES string of the molecule is CC1=CC2=C(C=CCO2)CC1. The number of ether oxygens (including phenoxy) is 1. The molecular weight excluding hydrogens is 136 g/mol. The van der Waals surface area contributed by atoms with Crippen LogP contribution >= 0.6 is 0 Å². The summed E-state index contributed by atoms with van der Waals surface area (Å²) in [5.74, 6) is 1.09. The summed E-state index contributed by atoms with van der Waals surface area (Å²) < 4.78 is 5.47. The van der Waals surface area contributed by atoms with Crippen LogP contribution < -0.4 is 0 Å². The van der Waals surface area contributed by atoms with E-state index in [1.54, 1.807) is 0 Å². The summed E-state index contributed by atoms with van der Waals surface area (Å²) in [6, 6.07) is 0. The van der Waals surface area contributed by atoms with Gasteiger partial charge in [0.05, 0.1) is 0 Å². The first-order valence-corrected chi connectivity index (χ1v) is 4.06. The highest BCUT2D eigenvalue weighted by atomic mass is 16.5. The molecule has 0 N–H and O–H groups in total. The number of hydrogen-bond acceptors (Lipinski definition) is 1. The van der Waals surface area contributed by atoms with Crippen molar-refractivity contribution in [3.63, 3.8) is 0 Å². The van der Waals surface area contributed by atoms with E-state index in [4.69, 9.17) is 4.74 Å². The lowest BCUT2D eigenvalue weighted by atomic mass is 9.97. The molecule has 0 aromatic carbocycles. The van der Waals surface area contributed by atoms with Crippen LogP contribution in [0.2, 0.25) is 0 Å². The van der Waals surface area contributed by atoms with Gasteiger partial charge in [0.1, 0.15) is 12.4 Å². The highest BCUT2D eigenvalue weighted by Crippen LogP contribution is 2.27. The van der Waals surface area contributed by atoms with Crippen LogP contribution in [0.4, 0.5) is 0 Å². The molecule has 58 valence electrons. The minimum atomic E-state index is 0.739. The van der Waals surface area contributed by atoms with Gasteiger partial charge in [-0.3, -0.25) is 0 Å². The fraction of sp³-hybridized carbons (Fsp3) is 0.400. The standard InChI is InChI=1S/C10H12O/c1-8-4-5-9-3-2-6-11-10(9)7-8/h2-3,7H,4-6H2,1H3. The van der Waals surface area contributed by atoms with E-state index in [9.17, 15) is 0 Å². The van der Waals surface area contributed by atoms with Gasteiger partial charge in [-0.2, -0.15) is 0 Å². The zero-order chi connectivity index (χ0) is 7.68. The highest BCUT2D eigenvalue weighted by molar-refractivity contribution is 5.36. The first kappa shape index (κ1) is 6.71. The summed E-state index contributed by atoms with van der Waals surface area (Å²) in [6.07, 6.45) is 8.75. The van der Waals surface area contributed by atoms with E-state index < -0.39 is 0 Å². The third kappa shape index (κ3) is 1.23. The second-order valence-corrected chi connectivity index (χ2v) is 3.09. The molecule has 0 atom stereocenters. The van der Waals surface area contributed by atoms with Crippen molar-refractivity contribution in [2.24, 2.45) is 0 Å². The van der Waals surface area contributed by atoms with Crippen molar-refractivity contribution < 1.29 is 4.74 Å². The number of allylic oxidation sites excluding steroid dienone is 4. The lowest BCUT2D eigenvalue weighted by Crippen LogP contribution is -2.04. The van der Waals surface area contributed by atoms with Crippen LogP contribution in [-0.2, 0) is 4.74 Å². The molecule has 11 heavy (non-hydrogen) atoms. The normalized spacial score (nSPS) is 22.5. The summed E-state index contributed by atoms with van der Waals surface area (Å²) in [5.41, 5.74) is 2.79. The van der Waals surface area contributed by atoms with Gasteiger partial charge < -0.3 is 4.74 Å². The molecule has 0 aromatic rings. The molecule has 2 rings (SSSR count). The van der Waals surface area contributed by atoms with Gasteiger partial charge in [0.25, 0.3) is 0 Å². The summed E-state index contributed by atoms with van der Waals surface area (Å²) in [6.45, 7) is 2.90. The Labute approximate surface area is 67.1 Å². The fourth-order valence-corrected chi connectivity index (χ4v) is 1.47. The summed E-state index contributed by atoms with van der Waals surface area (Å²) >= 11 is 0. The molecule has 0 unspecified atom stereocenters. The molecule has 0 saturated carbocycles. The predicted molar refractivity (Wildman–Crippen MR) is 45.1 cm³/mol. The van der Waals surface area contributed by atoms with Crippen molar-refractivity contribution in [1.29, 1.82) is 0 Å². The Bertz CT molecular complexity index is 256. The molecule has 2 aliphatic rings. The fourth-order valence-electron chi connectivity index (χ4n) is 1.47. The molecule has 0 bridgehead atoms. The van der Waals surface area contributed by atoms with Crippen LogP contribution in [-0.4, -0.2) is 6.61 Å². The Kier molecular flexibility index (Phi) is 1.57. The van der Waals surface area contributed by atoms with Crippen LogP contribution in [0.5, 0.6) is 0 Å². The molecular formula is C10H12O. The van der Waals surface area contributed by atoms with Crippen molar-refractivity contribution in [2.75, 3.05) is 6.61 Å². The van der Waals surface area contributed by atoms with E-state index in [-0.39, 0.29) is 0 Å². The monoisotopic (exact) mass is 148 g/mol. The first-order valence-electron chi connectivity index (χ1n) is 4.06. The second kappa shape index (κ2) is 2.57. The summed E-state index contributed by atoms with van der Waals surface area (Å²) in [4.78, 5) is 0. The van der Waals surface area contributed by atoms with E-state index in [0.717, 1.165) is 18.8 Å². The van der Waals surface area contributed by atoms with Crippen molar-refractivity contribution in [3.05, 3.63) is 35.1 Å². The molecule has 0 amide bonds. The van der Waals surface area contributed by atoms with Crippen LogP contribution in [0.3, 0.4) is 0 Å². The lowest BCUT2D eigenvalue weighted by molar-refractivity contribution is 0.250. The largest absolute Gasteiger partial charge is 0.489 e. The minimum Gasteiger partial charge on any atom is -0.489 e. The lowest BCUT2D eigenvalue weighted by Gasteiger charge is -2.19. The molecule has 1 heterocycles. The Morgan fingerprint density at radius 2 is 2.27 bits per heavy atom. The average Bonchev–Trinajstić information content (AvgIpc) is 2.04. The summed E-state index contributed by atoms with van der Waals surface area (Å²) in [7, 11) is 0. The smallest absolute Gasteiger partial charge is 0.122 e. The Morgan fingerprint density at radius 3 is 3.18 bits per heavy atom. The third-order valence-corrected chi connectivity index (χ3v) is 2.14. The molecule has 0 aromatic heterocycles. The maximum atomic E-state index is 5.47. The van der Waals surface area contributed by atoms with Gasteiger partial charge in [-0.15, -0.1) is 0 Å². The molecule has 0 spiro atoms. The molecule has 0 saturated heterocycles. The Balaban J connectivity index is 2.33. The first-order chi connectivity index (χ1) is 5.36. The van der Waals surface area contributed by atoms with Gasteiger partial charge in [-0.1, -0.05) is 11.6 Å². The molecule has 1 nitrogen and oxygen atoms in total. The van der Waals surface area contributed by atoms with Crippen molar-refractivity contribution in [2.45, 2.75) is 19.8 Å². The maximum Gasteiger partial charge on any atom is 0.122 e. The number of rotatable bonds is 0. The molecule has 0 fully saturated rings. The van der Waals surface area contributed by atoms with Gasteiger partial charge in [0.2, 0.25) is 0 Å². The van der Waals surface area contributed by atoms with Gasteiger partial charge in [-0.05, 0) is 37.5 Å². The van der Waals surface area contributed by atoms with Gasteiger partial charge in [-0.25, -0.2) is 0 Å². The zero-order valence-corrected chi connectivity index (χ0v) is 6.76. The van der Waals surface area contributed by atoms with E-state index in [1.165, 1.54) is 17.6 Å². The van der Waals surface area contributed by atoms with E-state index in [1.807, 2.05) is 0 Å². The van der Waals surface area contributed by atoms with Gasteiger partial charge in [0, 0.05) is 0 Å². The van der Waals surface area contributed by atoms with Crippen molar-refractivity contribution in [3.8, 4) is 0 Å². The average molecular weight is 148 g/mol. The van der Waals surface area contributed by atoms with Crippen LogP contribution in [0, 0.1) is 0 Å². The number of hydrogen-bond donors (Lipinski definition) is 0. The zero-order valence-electron chi connectivity index (χ0n) is 6.76. The quantitative estimate of drug-likeness (QED) is 0.513. The highest BCUT2D eigenvalue weighted by Gasteiger charge is 2.11. The predicted octanol–water partition coefficient (Wildman–Crippen LogP) is 2.57. The van der Waals surface area contributed by atoms with Crippen LogP contribution in [0.15, 0.2) is 35.1 Å². The van der Waals surface area contributed by atoms with Gasteiger partial charge >= 0.3 is 0 Å². The maximum absolute atomic E-state index is 5.47. The Hall–Kier alpha value is -0.980. The third-order valence-electron chi connectivity index (χ3n) is 2.14. The van der Waals surface area contributed by atoms with E-state index in [2.05, 4.69) is 25.2 Å². The van der Waals surface area contributed by atoms with E-state index >= 15 is 0 Å². The second-order valence-electron chi connectivity index (χ2n) is 3.09. The van der Waals surface area contributed by atoms with Crippen molar-refractivity contribution >= 4 is 0 Å². The van der Waals surface area contributed by atoms with E-state index in [0.29, 0.717) is 0 Å². The molecule has 1 aliphatic carbocycles. The molecule has 1 aliphatic heterocycles. The van der Waals surface area contributed by atoms with Gasteiger partial charge in [0.15, 0.2) is 0 Å². The van der Waals surface area contributed by atoms with Crippen LogP contribution in [0.25, 0.3) is 0 Å². The topological polar surface area (TPSA) is 9.23 Å².